The molecule has 0 bridgehead atoms. The molecule has 0 aliphatic carbocycles. The topological polar surface area (TPSA) is 83.7 Å². The summed E-state index contributed by atoms with van der Waals surface area (Å²) in [4.78, 5) is 1.44. The van der Waals surface area contributed by atoms with Gasteiger partial charge in [0.15, 0.2) is 11.5 Å². The van der Waals surface area contributed by atoms with E-state index in [1.807, 2.05) is 24.0 Å². The predicted molar refractivity (Wildman–Crippen MR) is 97.5 cm³/mol. The maximum atomic E-state index is 14.0. The Morgan fingerprint density at radius 1 is 1.04 bits per heavy atom. The number of aromatic nitrogens is 4. The van der Waals surface area contributed by atoms with Crippen LogP contribution in [0.15, 0.2) is 35.2 Å². The first-order valence-corrected chi connectivity index (χ1v) is 10.3. The van der Waals surface area contributed by atoms with Crippen LogP contribution in [0.4, 0.5) is 14.6 Å². The van der Waals surface area contributed by atoms with E-state index < -0.39 is 26.6 Å². The van der Waals surface area contributed by atoms with Crippen LogP contribution < -0.4 is 4.90 Å². The van der Waals surface area contributed by atoms with Gasteiger partial charge in [0.05, 0.1) is 0 Å². The minimum Gasteiger partial charge on any atom is -0.353 e. The van der Waals surface area contributed by atoms with E-state index in [9.17, 15) is 17.2 Å². The van der Waals surface area contributed by atoms with Gasteiger partial charge in [-0.05, 0) is 24.3 Å². The van der Waals surface area contributed by atoms with Crippen molar-refractivity contribution in [2.45, 2.75) is 18.2 Å². The van der Waals surface area contributed by atoms with Crippen LogP contribution >= 0.6 is 0 Å². The Balaban J connectivity index is 1.53. The summed E-state index contributed by atoms with van der Waals surface area (Å²) >= 11 is 0. The predicted octanol–water partition coefficient (Wildman–Crippen LogP) is 1.48. The standard InChI is InChI=1S/C17H18F2N6O2S/c1-2-15-20-21-16-5-6-17(22-25(15)16)23-7-9-24(10-8-23)28(26,27)14-4-3-12(18)11-13(14)19/h3-6,11H,2,7-10H2,1H3. The molecule has 0 amide bonds. The second kappa shape index (κ2) is 7.06. The highest BCUT2D eigenvalue weighted by Gasteiger charge is 2.31. The molecule has 1 aliphatic heterocycles. The van der Waals surface area contributed by atoms with Gasteiger partial charge in [-0.25, -0.2) is 17.2 Å². The summed E-state index contributed by atoms with van der Waals surface area (Å²) in [7, 11) is -4.03. The second-order valence-corrected chi connectivity index (χ2v) is 8.30. The van der Waals surface area contributed by atoms with Gasteiger partial charge in [0, 0.05) is 38.7 Å². The number of halogens is 2. The molecule has 3 aromatic rings. The third-order valence-corrected chi connectivity index (χ3v) is 6.64. The Kier molecular flexibility index (Phi) is 4.71. The van der Waals surface area contributed by atoms with Crippen LogP contribution in [0.1, 0.15) is 12.7 Å². The molecule has 0 radical (unpaired) electrons. The summed E-state index contributed by atoms with van der Waals surface area (Å²) in [6.07, 6.45) is 0.687. The molecule has 0 atom stereocenters. The first-order chi connectivity index (χ1) is 13.4. The fourth-order valence-electron chi connectivity index (χ4n) is 3.19. The molecule has 0 spiro atoms. The molecule has 11 heteroatoms. The van der Waals surface area contributed by atoms with Crippen molar-refractivity contribution in [3.8, 4) is 0 Å². The monoisotopic (exact) mass is 408 g/mol. The smallest absolute Gasteiger partial charge is 0.246 e. The van der Waals surface area contributed by atoms with Crippen molar-refractivity contribution < 1.29 is 17.2 Å². The molecule has 8 nitrogen and oxygen atoms in total. The van der Waals surface area contributed by atoms with E-state index in [2.05, 4.69) is 15.3 Å². The number of hydrogen-bond donors (Lipinski definition) is 0. The molecule has 148 valence electrons. The van der Waals surface area contributed by atoms with Gasteiger partial charge in [-0.2, -0.15) is 8.82 Å². The van der Waals surface area contributed by atoms with Crippen molar-refractivity contribution in [2.24, 2.45) is 0 Å². The molecule has 1 aliphatic rings. The van der Waals surface area contributed by atoms with E-state index in [-0.39, 0.29) is 13.1 Å². The molecule has 0 unspecified atom stereocenters. The Morgan fingerprint density at radius 3 is 2.46 bits per heavy atom. The lowest BCUT2D eigenvalue weighted by molar-refractivity contribution is 0.380. The highest BCUT2D eigenvalue weighted by Crippen LogP contribution is 2.23. The van der Waals surface area contributed by atoms with Crippen molar-refractivity contribution in [3.63, 3.8) is 0 Å². The summed E-state index contributed by atoms with van der Waals surface area (Å²) in [5, 5.41) is 12.7. The average Bonchev–Trinajstić information content (AvgIpc) is 3.10. The Morgan fingerprint density at radius 2 is 1.79 bits per heavy atom. The fourth-order valence-corrected chi connectivity index (χ4v) is 4.66. The van der Waals surface area contributed by atoms with Crippen LogP contribution in [0.5, 0.6) is 0 Å². The number of anilines is 1. The zero-order valence-electron chi connectivity index (χ0n) is 15.1. The Hall–Kier alpha value is -2.66. The van der Waals surface area contributed by atoms with Crippen LogP contribution in [0.25, 0.3) is 5.65 Å². The van der Waals surface area contributed by atoms with Crippen LogP contribution in [0.2, 0.25) is 0 Å². The van der Waals surface area contributed by atoms with Crippen molar-refractivity contribution in [2.75, 3.05) is 31.1 Å². The maximum Gasteiger partial charge on any atom is 0.246 e. The number of aryl methyl sites for hydroxylation is 1. The van der Waals surface area contributed by atoms with Crippen molar-refractivity contribution in [1.29, 1.82) is 0 Å². The molecule has 1 aromatic carbocycles. The minimum atomic E-state index is -4.03. The molecular formula is C17H18F2N6O2S. The van der Waals surface area contributed by atoms with E-state index in [1.54, 1.807) is 4.52 Å². The van der Waals surface area contributed by atoms with Crippen molar-refractivity contribution >= 4 is 21.5 Å². The minimum absolute atomic E-state index is 0.168. The fraction of sp³-hybridized carbons (Fsp3) is 0.353. The molecule has 1 saturated heterocycles. The van der Waals surface area contributed by atoms with Gasteiger partial charge in [0.2, 0.25) is 10.0 Å². The number of rotatable bonds is 4. The van der Waals surface area contributed by atoms with Gasteiger partial charge in [-0.1, -0.05) is 6.92 Å². The molecule has 3 heterocycles. The second-order valence-electron chi connectivity index (χ2n) is 6.40. The summed E-state index contributed by atoms with van der Waals surface area (Å²) < 4.78 is 55.3. The summed E-state index contributed by atoms with van der Waals surface area (Å²) in [5.41, 5.74) is 0.647. The highest BCUT2D eigenvalue weighted by molar-refractivity contribution is 7.89. The van der Waals surface area contributed by atoms with Gasteiger partial charge in [0.25, 0.3) is 0 Å². The molecule has 0 N–H and O–H groups in total. The van der Waals surface area contributed by atoms with Gasteiger partial charge < -0.3 is 4.90 Å². The number of piperazine rings is 1. The van der Waals surface area contributed by atoms with Crippen LogP contribution in [0.3, 0.4) is 0 Å². The number of fused-ring (bicyclic) bond motifs is 1. The molecular weight excluding hydrogens is 390 g/mol. The third-order valence-electron chi connectivity index (χ3n) is 4.70. The van der Waals surface area contributed by atoms with Crippen LogP contribution in [-0.4, -0.2) is 58.7 Å². The van der Waals surface area contributed by atoms with Gasteiger partial charge in [-0.3, -0.25) is 0 Å². The molecule has 28 heavy (non-hydrogen) atoms. The van der Waals surface area contributed by atoms with Gasteiger partial charge in [-0.15, -0.1) is 15.3 Å². The van der Waals surface area contributed by atoms with Crippen molar-refractivity contribution in [3.05, 3.63) is 47.8 Å². The molecule has 0 saturated carbocycles. The number of hydrogen-bond acceptors (Lipinski definition) is 6. The van der Waals surface area contributed by atoms with Crippen molar-refractivity contribution in [1.82, 2.24) is 24.1 Å². The van der Waals surface area contributed by atoms with E-state index >= 15 is 0 Å². The number of nitrogens with zero attached hydrogens (tertiary/aromatic N) is 6. The van der Waals surface area contributed by atoms with Crippen LogP contribution in [-0.2, 0) is 16.4 Å². The summed E-state index contributed by atoms with van der Waals surface area (Å²) in [5.74, 6) is -0.478. The third kappa shape index (κ3) is 3.20. The first-order valence-electron chi connectivity index (χ1n) is 8.81. The molecule has 1 fully saturated rings. The highest BCUT2D eigenvalue weighted by atomic mass is 32.2. The summed E-state index contributed by atoms with van der Waals surface area (Å²) in [6.45, 7) is 3.08. The lowest BCUT2D eigenvalue weighted by atomic mass is 10.3. The first kappa shape index (κ1) is 18.7. The largest absolute Gasteiger partial charge is 0.353 e. The lowest BCUT2D eigenvalue weighted by Gasteiger charge is -2.34. The quantitative estimate of drug-likeness (QED) is 0.650. The molecule has 4 rings (SSSR count). The van der Waals surface area contributed by atoms with Gasteiger partial charge >= 0.3 is 0 Å². The normalized spacial score (nSPS) is 16.0. The van der Waals surface area contributed by atoms with Gasteiger partial charge in [0.1, 0.15) is 22.3 Å². The average molecular weight is 408 g/mol. The number of sulfonamides is 1. The maximum absolute atomic E-state index is 14.0. The Bertz CT molecular complexity index is 1130. The van der Waals surface area contributed by atoms with Crippen LogP contribution in [0, 0.1) is 11.6 Å². The van der Waals surface area contributed by atoms with E-state index in [1.165, 1.54) is 4.31 Å². The Labute approximate surface area is 160 Å². The molecule has 2 aromatic heterocycles. The van der Waals surface area contributed by atoms with E-state index in [4.69, 9.17) is 0 Å². The zero-order valence-corrected chi connectivity index (χ0v) is 15.9. The zero-order chi connectivity index (χ0) is 19.9. The van der Waals surface area contributed by atoms with E-state index in [0.29, 0.717) is 37.0 Å². The van der Waals surface area contributed by atoms with E-state index in [0.717, 1.165) is 18.0 Å². The summed E-state index contributed by atoms with van der Waals surface area (Å²) in [6, 6.07) is 6.10. The lowest BCUT2D eigenvalue weighted by Crippen LogP contribution is -2.49. The number of benzene rings is 1. The SMILES string of the molecule is CCc1nnc2ccc(N3CCN(S(=O)(=O)c4ccc(F)cc4F)CC3)nn12.